The van der Waals surface area contributed by atoms with Gasteiger partial charge in [0.15, 0.2) is 0 Å². The first kappa shape index (κ1) is 16.2. The lowest BCUT2D eigenvalue weighted by Crippen LogP contribution is -2.48. The van der Waals surface area contributed by atoms with Crippen molar-refractivity contribution in [2.75, 3.05) is 45.9 Å². The molecule has 5 nitrogen and oxygen atoms in total. The van der Waals surface area contributed by atoms with E-state index in [2.05, 4.69) is 10.2 Å². The Morgan fingerprint density at radius 2 is 1.78 bits per heavy atom. The molecular formula is C17H24FN3O2. The minimum atomic E-state index is -0.230. The summed E-state index contributed by atoms with van der Waals surface area (Å²) in [6.45, 7) is 5.06. The zero-order valence-corrected chi connectivity index (χ0v) is 13.3. The highest BCUT2D eigenvalue weighted by Crippen LogP contribution is 2.24. The first-order valence-electron chi connectivity index (χ1n) is 8.34. The first-order valence-corrected chi connectivity index (χ1v) is 8.34. The molecule has 6 heteroatoms. The molecule has 0 aromatic heterocycles. The van der Waals surface area contributed by atoms with Crippen LogP contribution in [-0.4, -0.2) is 61.8 Å². The fourth-order valence-corrected chi connectivity index (χ4v) is 3.26. The van der Waals surface area contributed by atoms with Crippen molar-refractivity contribution >= 4 is 6.03 Å². The second-order valence-corrected chi connectivity index (χ2v) is 6.10. The highest BCUT2D eigenvalue weighted by molar-refractivity contribution is 5.74. The Morgan fingerprint density at radius 3 is 2.43 bits per heavy atom. The molecule has 0 bridgehead atoms. The van der Waals surface area contributed by atoms with Crippen molar-refractivity contribution in [2.24, 2.45) is 0 Å². The lowest BCUT2D eigenvalue weighted by Gasteiger charge is -2.31. The number of carbonyl (C=O) groups is 1. The number of rotatable bonds is 4. The van der Waals surface area contributed by atoms with Crippen LogP contribution < -0.4 is 5.32 Å². The van der Waals surface area contributed by atoms with Gasteiger partial charge in [-0.25, -0.2) is 9.18 Å². The predicted octanol–water partition coefficient (Wildman–Crippen LogP) is 2.00. The topological polar surface area (TPSA) is 44.8 Å². The molecule has 1 aromatic rings. The minimum absolute atomic E-state index is 0.0420. The summed E-state index contributed by atoms with van der Waals surface area (Å²) in [4.78, 5) is 16.4. The SMILES string of the molecule is O=C(NCC(c1ccc(F)cc1)N1CCCC1)N1CCOCC1. The van der Waals surface area contributed by atoms with E-state index in [1.54, 1.807) is 4.90 Å². The van der Waals surface area contributed by atoms with Gasteiger partial charge in [0.05, 0.1) is 19.3 Å². The van der Waals surface area contributed by atoms with Crippen molar-refractivity contribution in [3.05, 3.63) is 35.6 Å². The molecule has 2 amide bonds. The summed E-state index contributed by atoms with van der Waals surface area (Å²) in [5, 5.41) is 3.04. The molecule has 0 radical (unpaired) electrons. The van der Waals surface area contributed by atoms with Crippen LogP contribution in [0.5, 0.6) is 0 Å². The Labute approximate surface area is 136 Å². The lowest BCUT2D eigenvalue weighted by molar-refractivity contribution is 0.0527. The van der Waals surface area contributed by atoms with E-state index < -0.39 is 0 Å². The van der Waals surface area contributed by atoms with Crippen LogP contribution in [0, 0.1) is 5.82 Å². The second-order valence-electron chi connectivity index (χ2n) is 6.10. The third-order valence-corrected chi connectivity index (χ3v) is 4.58. The highest BCUT2D eigenvalue weighted by atomic mass is 19.1. The number of amides is 2. The van der Waals surface area contributed by atoms with Gasteiger partial charge >= 0.3 is 6.03 Å². The van der Waals surface area contributed by atoms with E-state index in [4.69, 9.17) is 4.74 Å². The van der Waals surface area contributed by atoms with Gasteiger partial charge in [-0.1, -0.05) is 12.1 Å². The van der Waals surface area contributed by atoms with E-state index in [9.17, 15) is 9.18 Å². The number of carbonyl (C=O) groups excluding carboxylic acids is 1. The van der Waals surface area contributed by atoms with Crippen molar-refractivity contribution in [3.63, 3.8) is 0 Å². The van der Waals surface area contributed by atoms with Crippen molar-refractivity contribution in [1.29, 1.82) is 0 Å². The summed E-state index contributed by atoms with van der Waals surface area (Å²) < 4.78 is 18.5. The summed E-state index contributed by atoms with van der Waals surface area (Å²) in [7, 11) is 0. The summed E-state index contributed by atoms with van der Waals surface area (Å²) in [6.07, 6.45) is 2.35. The van der Waals surface area contributed by atoms with Crippen LogP contribution in [0.2, 0.25) is 0 Å². The number of urea groups is 1. The summed E-state index contributed by atoms with van der Waals surface area (Å²) in [5.74, 6) is -0.230. The molecule has 2 fully saturated rings. The highest BCUT2D eigenvalue weighted by Gasteiger charge is 2.25. The number of hydrogen-bond acceptors (Lipinski definition) is 3. The molecule has 1 aromatic carbocycles. The molecule has 0 spiro atoms. The number of morpholine rings is 1. The van der Waals surface area contributed by atoms with Crippen molar-refractivity contribution < 1.29 is 13.9 Å². The molecular weight excluding hydrogens is 297 g/mol. The lowest BCUT2D eigenvalue weighted by atomic mass is 10.1. The van der Waals surface area contributed by atoms with Crippen LogP contribution in [0.4, 0.5) is 9.18 Å². The number of benzene rings is 1. The standard InChI is InChI=1S/C17H24FN3O2/c18-15-5-3-14(4-6-15)16(20-7-1-2-8-20)13-19-17(22)21-9-11-23-12-10-21/h3-6,16H,1-2,7-13H2,(H,19,22). The zero-order chi connectivity index (χ0) is 16.1. The fourth-order valence-electron chi connectivity index (χ4n) is 3.26. The second kappa shape index (κ2) is 7.75. The number of nitrogens with one attached hydrogen (secondary N) is 1. The van der Waals surface area contributed by atoms with Crippen LogP contribution in [0.1, 0.15) is 24.4 Å². The van der Waals surface area contributed by atoms with Gasteiger partial charge in [-0.05, 0) is 43.6 Å². The monoisotopic (exact) mass is 321 g/mol. The minimum Gasteiger partial charge on any atom is -0.378 e. The number of hydrogen-bond donors (Lipinski definition) is 1. The van der Waals surface area contributed by atoms with Gasteiger partial charge in [-0.2, -0.15) is 0 Å². The molecule has 1 atom stereocenters. The van der Waals surface area contributed by atoms with Gasteiger partial charge < -0.3 is 15.0 Å². The number of nitrogens with zero attached hydrogens (tertiary/aromatic N) is 2. The van der Waals surface area contributed by atoms with E-state index in [0.717, 1.165) is 18.7 Å². The van der Waals surface area contributed by atoms with Crippen LogP contribution in [0.25, 0.3) is 0 Å². The van der Waals surface area contributed by atoms with Gasteiger partial charge in [0.1, 0.15) is 5.82 Å². The van der Waals surface area contributed by atoms with Crippen LogP contribution >= 0.6 is 0 Å². The smallest absolute Gasteiger partial charge is 0.317 e. The van der Waals surface area contributed by atoms with Crippen LogP contribution in [-0.2, 0) is 4.74 Å². The summed E-state index contributed by atoms with van der Waals surface area (Å²) in [6, 6.07) is 6.67. The maximum Gasteiger partial charge on any atom is 0.317 e. The quantitative estimate of drug-likeness (QED) is 0.922. The Kier molecular flexibility index (Phi) is 5.46. The third-order valence-electron chi connectivity index (χ3n) is 4.58. The predicted molar refractivity (Wildman–Crippen MR) is 85.7 cm³/mol. The average Bonchev–Trinajstić information content (AvgIpc) is 3.11. The molecule has 2 aliphatic heterocycles. The number of halogens is 1. The molecule has 3 rings (SSSR count). The normalized spacial score (nSPS) is 20.5. The summed E-state index contributed by atoms with van der Waals surface area (Å²) in [5.41, 5.74) is 1.05. The third kappa shape index (κ3) is 4.20. The van der Waals surface area contributed by atoms with Gasteiger partial charge in [0, 0.05) is 19.6 Å². The summed E-state index contributed by atoms with van der Waals surface area (Å²) >= 11 is 0. The molecule has 1 unspecified atom stereocenters. The van der Waals surface area contributed by atoms with Gasteiger partial charge in [0.25, 0.3) is 0 Å². The molecule has 1 N–H and O–H groups in total. The average molecular weight is 321 g/mol. The van der Waals surface area contributed by atoms with Crippen molar-refractivity contribution in [3.8, 4) is 0 Å². The van der Waals surface area contributed by atoms with Crippen molar-refractivity contribution in [1.82, 2.24) is 15.1 Å². The van der Waals surface area contributed by atoms with E-state index in [0.29, 0.717) is 32.8 Å². The molecule has 2 aliphatic rings. The molecule has 2 saturated heterocycles. The zero-order valence-electron chi connectivity index (χ0n) is 13.3. The van der Waals surface area contributed by atoms with Gasteiger partial charge in [-0.3, -0.25) is 4.90 Å². The molecule has 126 valence electrons. The Hall–Kier alpha value is -1.66. The van der Waals surface area contributed by atoms with E-state index in [1.165, 1.54) is 25.0 Å². The van der Waals surface area contributed by atoms with E-state index in [1.807, 2.05) is 12.1 Å². The Morgan fingerprint density at radius 1 is 1.13 bits per heavy atom. The van der Waals surface area contributed by atoms with E-state index in [-0.39, 0.29) is 17.9 Å². The number of ether oxygens (including phenoxy) is 1. The Balaban J connectivity index is 1.63. The first-order chi connectivity index (χ1) is 11.2. The molecule has 0 saturated carbocycles. The molecule has 0 aliphatic carbocycles. The maximum atomic E-state index is 13.2. The Bertz CT molecular complexity index is 511. The molecule has 2 heterocycles. The largest absolute Gasteiger partial charge is 0.378 e. The van der Waals surface area contributed by atoms with Gasteiger partial charge in [-0.15, -0.1) is 0 Å². The van der Waals surface area contributed by atoms with Crippen molar-refractivity contribution in [2.45, 2.75) is 18.9 Å². The maximum absolute atomic E-state index is 13.2. The van der Waals surface area contributed by atoms with Crippen LogP contribution in [0.3, 0.4) is 0 Å². The van der Waals surface area contributed by atoms with Gasteiger partial charge in [0.2, 0.25) is 0 Å². The van der Waals surface area contributed by atoms with E-state index >= 15 is 0 Å². The van der Waals surface area contributed by atoms with Crippen LogP contribution in [0.15, 0.2) is 24.3 Å². The number of likely N-dealkylation sites (tertiary alicyclic amines) is 1. The fraction of sp³-hybridized carbons (Fsp3) is 0.588. The molecule has 23 heavy (non-hydrogen) atoms.